The molecule has 0 aromatic heterocycles. The summed E-state index contributed by atoms with van der Waals surface area (Å²) < 4.78 is 0. The number of carbonyl (C=O) groups excluding carboxylic acids is 2. The number of para-hydroxylation sites is 1. The first-order chi connectivity index (χ1) is 11.5. The van der Waals surface area contributed by atoms with Crippen LogP contribution in [0, 0.1) is 0 Å². The van der Waals surface area contributed by atoms with Crippen LogP contribution in [0.2, 0.25) is 0 Å². The van der Waals surface area contributed by atoms with Crippen molar-refractivity contribution >= 4 is 17.6 Å². The molecule has 2 N–H and O–H groups in total. The summed E-state index contributed by atoms with van der Waals surface area (Å²) in [6.45, 7) is 2.06. The molecule has 1 aromatic rings. The highest BCUT2D eigenvalue weighted by Crippen LogP contribution is 2.31. The largest absolute Gasteiger partial charge is 0.337 e. The first kappa shape index (κ1) is 16.8. The van der Waals surface area contributed by atoms with Crippen LogP contribution in [-0.2, 0) is 4.79 Å². The van der Waals surface area contributed by atoms with E-state index in [2.05, 4.69) is 29.6 Å². The van der Waals surface area contributed by atoms with Crippen LogP contribution in [0.1, 0.15) is 30.7 Å². The quantitative estimate of drug-likeness (QED) is 0.889. The van der Waals surface area contributed by atoms with Gasteiger partial charge in [-0.15, -0.1) is 0 Å². The minimum absolute atomic E-state index is 0.0126. The molecule has 6 heteroatoms. The second-order valence-electron chi connectivity index (χ2n) is 6.93. The first-order valence-electron chi connectivity index (χ1n) is 8.62. The summed E-state index contributed by atoms with van der Waals surface area (Å²) in [5, 5.41) is 5.92. The lowest BCUT2D eigenvalue weighted by Crippen LogP contribution is -2.51. The third-order valence-corrected chi connectivity index (χ3v) is 5.02. The van der Waals surface area contributed by atoms with E-state index >= 15 is 0 Å². The third kappa shape index (κ3) is 3.70. The second kappa shape index (κ2) is 7.21. The lowest BCUT2D eigenvalue weighted by Gasteiger charge is -2.36. The Bertz CT molecular complexity index is 617. The molecule has 2 heterocycles. The minimum Gasteiger partial charge on any atom is -0.337 e. The molecule has 2 aliphatic heterocycles. The van der Waals surface area contributed by atoms with Crippen molar-refractivity contribution in [2.24, 2.45) is 0 Å². The molecule has 0 bridgehead atoms. The van der Waals surface area contributed by atoms with Gasteiger partial charge < -0.3 is 20.4 Å². The predicted octanol–water partition coefficient (Wildman–Crippen LogP) is 1.85. The van der Waals surface area contributed by atoms with Crippen LogP contribution in [0.5, 0.6) is 0 Å². The molecule has 0 unspecified atom stereocenters. The molecule has 24 heavy (non-hydrogen) atoms. The highest BCUT2D eigenvalue weighted by atomic mass is 16.2. The van der Waals surface area contributed by atoms with Crippen molar-refractivity contribution < 1.29 is 9.59 Å². The number of hydrogen-bond donors (Lipinski definition) is 2. The SMILES string of the molecule is CN(C)[C@H]1CCCN(C(=O)NC[C@H]2CC(=O)Nc3ccccc32)C1. The van der Waals surface area contributed by atoms with Gasteiger partial charge in [-0.2, -0.15) is 0 Å². The zero-order valence-corrected chi connectivity index (χ0v) is 14.4. The summed E-state index contributed by atoms with van der Waals surface area (Å²) in [6.07, 6.45) is 2.58. The van der Waals surface area contributed by atoms with Gasteiger partial charge in [-0.25, -0.2) is 4.79 Å². The number of anilines is 1. The maximum absolute atomic E-state index is 12.5. The monoisotopic (exact) mass is 330 g/mol. The summed E-state index contributed by atoms with van der Waals surface area (Å²) in [5.41, 5.74) is 1.96. The lowest BCUT2D eigenvalue weighted by atomic mass is 9.90. The second-order valence-corrected chi connectivity index (χ2v) is 6.93. The summed E-state index contributed by atoms with van der Waals surface area (Å²) >= 11 is 0. The van der Waals surface area contributed by atoms with Crippen LogP contribution in [0.4, 0.5) is 10.5 Å². The number of likely N-dealkylation sites (tertiary alicyclic amines) is 1. The molecular weight excluding hydrogens is 304 g/mol. The summed E-state index contributed by atoms with van der Waals surface area (Å²) in [5.74, 6) is 0.0481. The number of fused-ring (bicyclic) bond motifs is 1. The molecule has 3 amide bonds. The number of amides is 3. The van der Waals surface area contributed by atoms with Crippen LogP contribution in [0.25, 0.3) is 0 Å². The van der Waals surface area contributed by atoms with Gasteiger partial charge >= 0.3 is 6.03 Å². The molecule has 0 saturated carbocycles. The van der Waals surface area contributed by atoms with Gasteiger partial charge in [0.15, 0.2) is 0 Å². The van der Waals surface area contributed by atoms with Crippen LogP contribution in [0.3, 0.4) is 0 Å². The van der Waals surface area contributed by atoms with E-state index in [-0.39, 0.29) is 17.9 Å². The number of nitrogens with zero attached hydrogens (tertiary/aromatic N) is 2. The van der Waals surface area contributed by atoms with E-state index in [4.69, 9.17) is 0 Å². The molecule has 130 valence electrons. The highest BCUT2D eigenvalue weighted by Gasteiger charge is 2.28. The zero-order chi connectivity index (χ0) is 17.1. The average Bonchev–Trinajstić information content (AvgIpc) is 2.59. The minimum atomic E-state index is -0.0231. The number of benzene rings is 1. The molecule has 0 spiro atoms. The van der Waals surface area contributed by atoms with Crippen LogP contribution < -0.4 is 10.6 Å². The Hall–Kier alpha value is -2.08. The predicted molar refractivity (Wildman–Crippen MR) is 94.1 cm³/mol. The molecule has 2 aliphatic rings. The summed E-state index contributed by atoms with van der Waals surface area (Å²) in [4.78, 5) is 28.4. The number of carbonyl (C=O) groups is 2. The van der Waals surface area contributed by atoms with Crippen LogP contribution >= 0.6 is 0 Å². The Balaban J connectivity index is 1.59. The fraction of sp³-hybridized carbons (Fsp3) is 0.556. The lowest BCUT2D eigenvalue weighted by molar-refractivity contribution is -0.116. The topological polar surface area (TPSA) is 64.7 Å². The Kier molecular flexibility index (Phi) is 5.04. The van der Waals surface area contributed by atoms with Crippen molar-refractivity contribution in [1.29, 1.82) is 0 Å². The Labute approximate surface area is 143 Å². The van der Waals surface area contributed by atoms with E-state index in [1.54, 1.807) is 0 Å². The smallest absolute Gasteiger partial charge is 0.317 e. The highest BCUT2D eigenvalue weighted by molar-refractivity contribution is 5.94. The number of piperidine rings is 1. The Morgan fingerprint density at radius 1 is 1.38 bits per heavy atom. The standard InChI is InChI=1S/C18H26N4O2/c1-21(2)14-6-5-9-22(12-14)18(24)19-11-13-10-17(23)20-16-8-4-3-7-15(13)16/h3-4,7-8,13-14H,5-6,9-12H2,1-2H3,(H,19,24)(H,20,23)/t13-,14+/m1/s1. The molecular formula is C18H26N4O2. The van der Waals surface area contributed by atoms with Crippen molar-refractivity contribution in [2.45, 2.75) is 31.2 Å². The van der Waals surface area contributed by atoms with E-state index < -0.39 is 0 Å². The normalized spacial score (nSPS) is 23.6. The van der Waals surface area contributed by atoms with Crippen molar-refractivity contribution in [1.82, 2.24) is 15.1 Å². The Morgan fingerprint density at radius 3 is 2.96 bits per heavy atom. The van der Waals surface area contributed by atoms with Gasteiger partial charge in [-0.1, -0.05) is 18.2 Å². The molecule has 2 atom stereocenters. The van der Waals surface area contributed by atoms with E-state index in [0.29, 0.717) is 19.0 Å². The first-order valence-corrected chi connectivity index (χ1v) is 8.62. The maximum Gasteiger partial charge on any atom is 0.317 e. The molecule has 3 rings (SSSR count). The molecule has 0 radical (unpaired) electrons. The van der Waals surface area contributed by atoms with Gasteiger partial charge in [0.05, 0.1) is 0 Å². The van der Waals surface area contributed by atoms with Gasteiger partial charge in [0, 0.05) is 43.7 Å². The summed E-state index contributed by atoms with van der Waals surface area (Å²) in [6, 6.07) is 8.21. The average molecular weight is 330 g/mol. The number of hydrogen-bond acceptors (Lipinski definition) is 3. The molecule has 1 saturated heterocycles. The van der Waals surface area contributed by atoms with E-state index in [0.717, 1.165) is 37.2 Å². The third-order valence-electron chi connectivity index (χ3n) is 5.02. The van der Waals surface area contributed by atoms with Crippen molar-refractivity contribution in [3.8, 4) is 0 Å². The van der Waals surface area contributed by atoms with Crippen molar-refractivity contribution in [3.63, 3.8) is 0 Å². The van der Waals surface area contributed by atoms with Crippen LogP contribution in [-0.4, -0.2) is 61.5 Å². The van der Waals surface area contributed by atoms with Gasteiger partial charge in [0.2, 0.25) is 5.91 Å². The van der Waals surface area contributed by atoms with Gasteiger partial charge in [0.1, 0.15) is 0 Å². The zero-order valence-electron chi connectivity index (χ0n) is 14.4. The fourth-order valence-corrected chi connectivity index (χ4v) is 3.57. The fourth-order valence-electron chi connectivity index (χ4n) is 3.57. The molecule has 1 aromatic carbocycles. The number of urea groups is 1. The van der Waals surface area contributed by atoms with E-state index in [1.807, 2.05) is 29.2 Å². The Morgan fingerprint density at radius 2 is 2.17 bits per heavy atom. The van der Waals surface area contributed by atoms with Crippen molar-refractivity contribution in [3.05, 3.63) is 29.8 Å². The van der Waals surface area contributed by atoms with Crippen molar-refractivity contribution in [2.75, 3.05) is 39.0 Å². The summed E-state index contributed by atoms with van der Waals surface area (Å²) in [7, 11) is 4.12. The van der Waals surface area contributed by atoms with Gasteiger partial charge in [-0.3, -0.25) is 4.79 Å². The number of rotatable bonds is 3. The van der Waals surface area contributed by atoms with E-state index in [9.17, 15) is 9.59 Å². The maximum atomic E-state index is 12.5. The van der Waals surface area contributed by atoms with Gasteiger partial charge in [0.25, 0.3) is 0 Å². The van der Waals surface area contributed by atoms with Crippen LogP contribution in [0.15, 0.2) is 24.3 Å². The number of likely N-dealkylation sites (N-methyl/N-ethyl adjacent to an activating group) is 1. The van der Waals surface area contributed by atoms with E-state index in [1.165, 1.54) is 0 Å². The van der Waals surface area contributed by atoms with Gasteiger partial charge in [-0.05, 0) is 38.6 Å². The molecule has 0 aliphatic carbocycles. The molecule has 6 nitrogen and oxygen atoms in total. The molecule has 1 fully saturated rings. The number of nitrogens with one attached hydrogen (secondary N) is 2.